The first-order valence-electron chi connectivity index (χ1n) is 8.90. The molecule has 0 aliphatic rings. The molecule has 0 saturated heterocycles. The highest BCUT2D eigenvalue weighted by Gasteiger charge is 2.17. The molecular weight excluding hydrogens is 334 g/mol. The van der Waals surface area contributed by atoms with Crippen molar-refractivity contribution >= 4 is 18.1 Å². The predicted molar refractivity (Wildman–Crippen MR) is 98.9 cm³/mol. The van der Waals surface area contributed by atoms with E-state index in [2.05, 4.69) is 15.6 Å². The van der Waals surface area contributed by atoms with E-state index < -0.39 is 12.1 Å². The zero-order valence-corrected chi connectivity index (χ0v) is 14.9. The van der Waals surface area contributed by atoms with E-state index in [1.807, 2.05) is 6.29 Å². The zero-order chi connectivity index (χ0) is 19.2. The third-order valence-electron chi connectivity index (χ3n) is 3.89. The molecule has 0 aromatic carbocycles. The fourth-order valence-corrected chi connectivity index (χ4v) is 2.35. The van der Waals surface area contributed by atoms with Gasteiger partial charge >= 0.3 is 0 Å². The third-order valence-corrected chi connectivity index (χ3v) is 3.89. The molecule has 1 rings (SSSR count). The second kappa shape index (κ2) is 13.0. The maximum absolute atomic E-state index is 11.9. The number of rotatable bonds is 13. The molecule has 2 atom stereocenters. The van der Waals surface area contributed by atoms with E-state index in [4.69, 9.17) is 11.5 Å². The van der Waals surface area contributed by atoms with Gasteiger partial charge in [0.2, 0.25) is 12.2 Å². The first-order valence-corrected chi connectivity index (χ1v) is 8.90. The van der Waals surface area contributed by atoms with Gasteiger partial charge in [-0.2, -0.15) is 0 Å². The number of carbonyl (C=O) groups excluding carboxylic acids is 3. The van der Waals surface area contributed by atoms with Gasteiger partial charge in [-0.05, 0) is 50.8 Å². The van der Waals surface area contributed by atoms with Crippen molar-refractivity contribution in [3.63, 3.8) is 0 Å². The zero-order valence-electron chi connectivity index (χ0n) is 14.9. The molecule has 0 saturated carbocycles. The molecular formula is C18H28N5O3. The van der Waals surface area contributed by atoms with E-state index in [9.17, 15) is 14.4 Å². The maximum atomic E-state index is 11.9. The van der Waals surface area contributed by atoms with E-state index in [1.54, 1.807) is 18.3 Å². The Kier molecular flexibility index (Phi) is 10.8. The van der Waals surface area contributed by atoms with E-state index in [1.165, 1.54) is 6.20 Å². The van der Waals surface area contributed by atoms with Gasteiger partial charge in [0.15, 0.2) is 0 Å². The molecule has 8 heteroatoms. The summed E-state index contributed by atoms with van der Waals surface area (Å²) >= 11 is 0. The Morgan fingerprint density at radius 3 is 2.62 bits per heavy atom. The van der Waals surface area contributed by atoms with Gasteiger partial charge < -0.3 is 22.1 Å². The standard InChI is InChI=1S/C18H28N5O3/c19-9-3-1-8-16(20)18(26)23-15(13-24)7-2-4-11-22-17(25)14-6-5-10-21-12-14/h5-6,10,12,15-16H,1-4,7-9,11,19-20H2,(H,22,25)(H,23,26)/t15-,16+/m1/s1. The Morgan fingerprint density at radius 2 is 1.96 bits per heavy atom. The number of carbonyl (C=O) groups is 2. The normalized spacial score (nSPS) is 12.8. The molecule has 1 radical (unpaired) electrons. The van der Waals surface area contributed by atoms with E-state index in [-0.39, 0.29) is 11.8 Å². The number of nitrogens with two attached hydrogens (primary N) is 2. The van der Waals surface area contributed by atoms with Crippen molar-refractivity contribution in [1.29, 1.82) is 0 Å². The van der Waals surface area contributed by atoms with Crippen molar-refractivity contribution in [2.45, 2.75) is 50.6 Å². The molecule has 6 N–H and O–H groups in total. The summed E-state index contributed by atoms with van der Waals surface area (Å²) in [5, 5.41) is 5.39. The Hall–Kier alpha value is -2.32. The lowest BCUT2D eigenvalue weighted by Gasteiger charge is -2.16. The number of unbranched alkanes of at least 4 members (excludes halogenated alkanes) is 2. The molecule has 0 aliphatic heterocycles. The average molecular weight is 362 g/mol. The summed E-state index contributed by atoms with van der Waals surface area (Å²) in [6.07, 6.45) is 8.85. The molecule has 8 nitrogen and oxygen atoms in total. The highest BCUT2D eigenvalue weighted by Crippen LogP contribution is 2.02. The number of hydrogen-bond acceptors (Lipinski definition) is 6. The van der Waals surface area contributed by atoms with E-state index in [0.717, 1.165) is 12.8 Å². The molecule has 0 fully saturated rings. The summed E-state index contributed by atoms with van der Waals surface area (Å²) in [7, 11) is 0. The summed E-state index contributed by atoms with van der Waals surface area (Å²) in [5.74, 6) is -0.534. The molecule has 0 aliphatic carbocycles. The fraction of sp³-hybridized carbons (Fsp3) is 0.556. The van der Waals surface area contributed by atoms with Crippen LogP contribution in [-0.4, -0.2) is 48.3 Å². The molecule has 2 amide bonds. The summed E-state index contributed by atoms with van der Waals surface area (Å²) in [6.45, 7) is 1.04. The smallest absolute Gasteiger partial charge is 0.252 e. The SMILES string of the molecule is NCCCC[C@H](N)C(=O)N[C@@H]([C]=O)CCCCNC(=O)c1cccnc1. The van der Waals surface area contributed by atoms with Crippen LogP contribution in [0.15, 0.2) is 24.5 Å². The second-order valence-corrected chi connectivity index (χ2v) is 6.06. The lowest BCUT2D eigenvalue weighted by Crippen LogP contribution is -2.46. The number of pyridine rings is 1. The Bertz CT molecular complexity index is 553. The van der Waals surface area contributed by atoms with Crippen molar-refractivity contribution in [3.8, 4) is 0 Å². The minimum Gasteiger partial charge on any atom is -0.352 e. The topological polar surface area (TPSA) is 140 Å². The van der Waals surface area contributed by atoms with Gasteiger partial charge in [-0.25, -0.2) is 0 Å². The Labute approximate surface area is 154 Å². The van der Waals surface area contributed by atoms with Gasteiger partial charge in [0.05, 0.1) is 17.6 Å². The minimum atomic E-state index is -0.683. The number of nitrogens with one attached hydrogen (secondary N) is 2. The van der Waals surface area contributed by atoms with Gasteiger partial charge in [-0.3, -0.25) is 19.4 Å². The van der Waals surface area contributed by atoms with Crippen molar-refractivity contribution in [3.05, 3.63) is 30.1 Å². The quantitative estimate of drug-likeness (QED) is 0.365. The molecule has 1 heterocycles. The number of nitrogens with zero attached hydrogens (tertiary/aromatic N) is 1. The molecule has 1 aromatic rings. The average Bonchev–Trinajstić information content (AvgIpc) is 2.67. The van der Waals surface area contributed by atoms with Crippen LogP contribution in [0.25, 0.3) is 0 Å². The Balaban J connectivity index is 2.20. The summed E-state index contributed by atoms with van der Waals surface area (Å²) in [6, 6.07) is 2.06. The largest absolute Gasteiger partial charge is 0.352 e. The van der Waals surface area contributed by atoms with Crippen LogP contribution in [0, 0.1) is 0 Å². The Morgan fingerprint density at radius 1 is 1.19 bits per heavy atom. The molecule has 143 valence electrons. The maximum Gasteiger partial charge on any atom is 0.252 e. The van der Waals surface area contributed by atoms with Gasteiger partial charge in [0, 0.05) is 18.9 Å². The minimum absolute atomic E-state index is 0.187. The van der Waals surface area contributed by atoms with E-state index in [0.29, 0.717) is 44.3 Å². The van der Waals surface area contributed by atoms with E-state index >= 15 is 0 Å². The molecule has 0 bridgehead atoms. The second-order valence-electron chi connectivity index (χ2n) is 6.06. The summed E-state index contributed by atoms with van der Waals surface area (Å²) < 4.78 is 0. The molecule has 1 aromatic heterocycles. The number of hydrogen-bond donors (Lipinski definition) is 4. The first-order chi connectivity index (χ1) is 12.6. The van der Waals surface area contributed by atoms with Gasteiger partial charge in [0.1, 0.15) is 0 Å². The van der Waals surface area contributed by atoms with Gasteiger partial charge in [0.25, 0.3) is 5.91 Å². The van der Waals surface area contributed by atoms with Crippen LogP contribution >= 0.6 is 0 Å². The lowest BCUT2D eigenvalue weighted by atomic mass is 10.1. The van der Waals surface area contributed by atoms with Gasteiger partial charge in [-0.15, -0.1) is 0 Å². The fourth-order valence-electron chi connectivity index (χ4n) is 2.35. The van der Waals surface area contributed by atoms with Crippen LogP contribution in [0.3, 0.4) is 0 Å². The molecule has 0 unspecified atom stereocenters. The highest BCUT2D eigenvalue weighted by molar-refractivity contribution is 5.93. The summed E-state index contributed by atoms with van der Waals surface area (Å²) in [4.78, 5) is 38.7. The van der Waals surface area contributed by atoms with Gasteiger partial charge in [-0.1, -0.05) is 6.42 Å². The predicted octanol–water partition coefficient (Wildman–Crippen LogP) is 0.0325. The highest BCUT2D eigenvalue weighted by atomic mass is 16.2. The van der Waals surface area contributed by atoms with Crippen LogP contribution in [0.2, 0.25) is 0 Å². The monoisotopic (exact) mass is 362 g/mol. The van der Waals surface area contributed by atoms with Crippen molar-refractivity contribution in [2.24, 2.45) is 11.5 Å². The summed E-state index contributed by atoms with van der Waals surface area (Å²) in [5.41, 5.74) is 11.7. The van der Waals surface area contributed by atoms with Crippen molar-refractivity contribution < 1.29 is 14.4 Å². The molecule has 26 heavy (non-hydrogen) atoms. The van der Waals surface area contributed by atoms with Crippen molar-refractivity contribution in [1.82, 2.24) is 15.6 Å². The molecule has 0 spiro atoms. The van der Waals surface area contributed by atoms with Crippen LogP contribution in [0.1, 0.15) is 48.9 Å². The van der Waals surface area contributed by atoms with Crippen LogP contribution < -0.4 is 22.1 Å². The van der Waals surface area contributed by atoms with Crippen LogP contribution in [0.4, 0.5) is 0 Å². The van der Waals surface area contributed by atoms with Crippen LogP contribution in [-0.2, 0) is 9.59 Å². The lowest BCUT2D eigenvalue weighted by molar-refractivity contribution is -0.122. The van der Waals surface area contributed by atoms with Crippen LogP contribution in [0.5, 0.6) is 0 Å². The number of aromatic nitrogens is 1. The first kappa shape index (κ1) is 21.7. The third kappa shape index (κ3) is 8.68. The number of amides is 2. The van der Waals surface area contributed by atoms with Crippen molar-refractivity contribution in [2.75, 3.05) is 13.1 Å².